The Morgan fingerprint density at radius 2 is 1.68 bits per heavy atom. The molecule has 8 nitrogen and oxygen atoms in total. The van der Waals surface area contributed by atoms with Crippen LogP contribution in [0.4, 0.5) is 5.95 Å². The fourth-order valence-corrected chi connectivity index (χ4v) is 2.89. The fraction of sp³-hybridized carbons (Fsp3) is 0.471. The van der Waals surface area contributed by atoms with Crippen LogP contribution in [0.15, 0.2) is 24.4 Å². The number of nitrogens with one attached hydrogen (secondary N) is 1. The number of hydrogen-bond acceptors (Lipinski definition) is 8. The van der Waals surface area contributed by atoms with E-state index in [1.165, 1.54) is 0 Å². The van der Waals surface area contributed by atoms with Gasteiger partial charge in [-0.15, -0.1) is 0 Å². The molecule has 134 valence electrons. The second kappa shape index (κ2) is 7.52. The van der Waals surface area contributed by atoms with Gasteiger partial charge in [0.05, 0.1) is 39.5 Å². The lowest BCUT2D eigenvalue weighted by Crippen LogP contribution is -2.36. The lowest BCUT2D eigenvalue weighted by molar-refractivity contribution is 0.0338. The summed E-state index contributed by atoms with van der Waals surface area (Å²) >= 11 is 0. The molecule has 2 aromatic rings. The van der Waals surface area contributed by atoms with E-state index < -0.39 is 0 Å². The highest BCUT2D eigenvalue weighted by Crippen LogP contribution is 2.40. The topological polar surface area (TPSA) is 98.6 Å². The minimum absolute atomic E-state index is 0.0846. The first-order valence-electron chi connectivity index (χ1n) is 8.04. The molecule has 2 heterocycles. The van der Waals surface area contributed by atoms with Crippen molar-refractivity contribution in [3.8, 4) is 17.6 Å². The number of hydrogen-bond donors (Lipinski definition) is 2. The van der Waals surface area contributed by atoms with Gasteiger partial charge in [0, 0.05) is 12.3 Å². The molecule has 2 N–H and O–H groups in total. The van der Waals surface area contributed by atoms with Gasteiger partial charge in [0.15, 0.2) is 0 Å². The van der Waals surface area contributed by atoms with Crippen molar-refractivity contribution in [3.05, 3.63) is 30.0 Å². The largest absolute Gasteiger partial charge is 0.481 e. The highest BCUT2D eigenvalue weighted by atomic mass is 16.5. The van der Waals surface area contributed by atoms with Crippen LogP contribution in [0.2, 0.25) is 0 Å². The maximum Gasteiger partial charge on any atom is 0.229 e. The molecule has 1 aliphatic carbocycles. The Balaban J connectivity index is 1.87. The Labute approximate surface area is 146 Å². The van der Waals surface area contributed by atoms with Crippen LogP contribution in [0.25, 0.3) is 0 Å². The van der Waals surface area contributed by atoms with Crippen molar-refractivity contribution < 1.29 is 19.3 Å². The summed E-state index contributed by atoms with van der Waals surface area (Å²) in [6, 6.07) is 5.29. The van der Waals surface area contributed by atoms with E-state index in [4.69, 9.17) is 14.2 Å². The van der Waals surface area contributed by atoms with Gasteiger partial charge in [-0.05, 0) is 24.3 Å². The van der Waals surface area contributed by atoms with Gasteiger partial charge >= 0.3 is 0 Å². The normalized spacial score (nSPS) is 20.3. The van der Waals surface area contributed by atoms with E-state index in [0.717, 1.165) is 5.56 Å². The molecule has 0 bridgehead atoms. The molecule has 2 aromatic heterocycles. The van der Waals surface area contributed by atoms with E-state index >= 15 is 0 Å². The van der Waals surface area contributed by atoms with Gasteiger partial charge < -0.3 is 24.6 Å². The minimum Gasteiger partial charge on any atom is -0.481 e. The van der Waals surface area contributed by atoms with E-state index in [-0.39, 0.29) is 18.1 Å². The van der Waals surface area contributed by atoms with Crippen LogP contribution in [0.1, 0.15) is 24.4 Å². The van der Waals surface area contributed by atoms with E-state index in [1.54, 1.807) is 33.6 Å². The number of pyridine rings is 1. The number of ether oxygens (including phenoxy) is 3. The standard InChI is InChI=1S/C17H22N4O4/c1-23-13-5-4-10(9-18-13)16(11-6-12(22)7-11)21-17-19-14(24-2)8-15(20-17)25-3/h4-5,8-9,11-12,16,22H,6-7H2,1-3H3,(H,19,20,21)/t11?,12?,16-/m0/s1. The predicted molar refractivity (Wildman–Crippen MR) is 91.0 cm³/mol. The number of aromatic nitrogens is 3. The van der Waals surface area contributed by atoms with Crippen molar-refractivity contribution in [2.75, 3.05) is 26.6 Å². The third-order valence-corrected chi connectivity index (χ3v) is 4.33. The summed E-state index contributed by atoms with van der Waals surface area (Å²) in [6.07, 6.45) is 2.93. The summed E-state index contributed by atoms with van der Waals surface area (Å²) in [6.45, 7) is 0. The molecule has 0 unspecified atom stereocenters. The van der Waals surface area contributed by atoms with Crippen molar-refractivity contribution in [2.24, 2.45) is 5.92 Å². The zero-order chi connectivity index (χ0) is 17.8. The second-order valence-electron chi connectivity index (χ2n) is 5.92. The first-order valence-corrected chi connectivity index (χ1v) is 8.04. The van der Waals surface area contributed by atoms with Gasteiger partial charge in [-0.2, -0.15) is 9.97 Å². The van der Waals surface area contributed by atoms with E-state index in [9.17, 15) is 5.11 Å². The van der Waals surface area contributed by atoms with Crippen LogP contribution in [0.5, 0.6) is 17.6 Å². The van der Waals surface area contributed by atoms with Crippen molar-refractivity contribution in [1.29, 1.82) is 0 Å². The molecule has 0 aliphatic heterocycles. The third-order valence-electron chi connectivity index (χ3n) is 4.33. The molecule has 0 spiro atoms. The second-order valence-corrected chi connectivity index (χ2v) is 5.92. The monoisotopic (exact) mass is 346 g/mol. The van der Waals surface area contributed by atoms with Crippen molar-refractivity contribution in [3.63, 3.8) is 0 Å². The van der Waals surface area contributed by atoms with Crippen LogP contribution in [-0.4, -0.2) is 47.5 Å². The lowest BCUT2D eigenvalue weighted by atomic mass is 9.75. The number of anilines is 1. The summed E-state index contributed by atoms with van der Waals surface area (Å²) in [7, 11) is 4.66. The summed E-state index contributed by atoms with van der Waals surface area (Å²) in [5.74, 6) is 2.03. The molecule has 1 atom stereocenters. The highest BCUT2D eigenvalue weighted by molar-refractivity contribution is 5.38. The number of aliphatic hydroxyl groups excluding tert-OH is 1. The smallest absolute Gasteiger partial charge is 0.229 e. The minimum atomic E-state index is -0.263. The van der Waals surface area contributed by atoms with Gasteiger partial charge in [-0.25, -0.2) is 4.98 Å². The van der Waals surface area contributed by atoms with Gasteiger partial charge in [0.2, 0.25) is 23.6 Å². The molecule has 0 radical (unpaired) electrons. The van der Waals surface area contributed by atoms with Gasteiger partial charge in [0.25, 0.3) is 0 Å². The van der Waals surface area contributed by atoms with Crippen molar-refractivity contribution >= 4 is 5.95 Å². The Bertz CT molecular complexity index is 682. The molecular weight excluding hydrogens is 324 g/mol. The zero-order valence-electron chi connectivity index (χ0n) is 14.5. The number of nitrogens with zero attached hydrogens (tertiary/aromatic N) is 3. The molecular formula is C17H22N4O4. The zero-order valence-corrected chi connectivity index (χ0v) is 14.5. The van der Waals surface area contributed by atoms with Crippen LogP contribution in [-0.2, 0) is 0 Å². The SMILES string of the molecule is COc1ccc([C@H](Nc2nc(OC)cc(OC)n2)C2CC(O)C2)cn1. The van der Waals surface area contributed by atoms with Crippen LogP contribution in [0.3, 0.4) is 0 Å². The molecule has 8 heteroatoms. The van der Waals surface area contributed by atoms with Gasteiger partial charge in [-0.3, -0.25) is 0 Å². The third kappa shape index (κ3) is 3.90. The maximum atomic E-state index is 9.69. The van der Waals surface area contributed by atoms with Crippen molar-refractivity contribution in [1.82, 2.24) is 15.0 Å². The molecule has 25 heavy (non-hydrogen) atoms. The fourth-order valence-electron chi connectivity index (χ4n) is 2.89. The average molecular weight is 346 g/mol. The first kappa shape index (κ1) is 17.2. The number of methoxy groups -OCH3 is 3. The first-order chi connectivity index (χ1) is 12.1. The number of aliphatic hydroxyl groups is 1. The number of rotatable bonds is 7. The molecule has 0 saturated heterocycles. The van der Waals surface area contributed by atoms with Crippen molar-refractivity contribution in [2.45, 2.75) is 25.0 Å². The Hall–Kier alpha value is -2.61. The van der Waals surface area contributed by atoms with Crippen LogP contribution < -0.4 is 19.5 Å². The summed E-state index contributed by atoms with van der Waals surface area (Å²) < 4.78 is 15.5. The predicted octanol–water partition coefficient (Wildman–Crippen LogP) is 1.82. The lowest BCUT2D eigenvalue weighted by Gasteiger charge is -2.38. The van der Waals surface area contributed by atoms with E-state index in [0.29, 0.717) is 36.4 Å². The molecule has 1 fully saturated rings. The molecule has 1 aliphatic rings. The van der Waals surface area contributed by atoms with Gasteiger partial charge in [-0.1, -0.05) is 6.07 Å². The van der Waals surface area contributed by atoms with Crippen LogP contribution >= 0.6 is 0 Å². The van der Waals surface area contributed by atoms with Gasteiger partial charge in [0.1, 0.15) is 0 Å². The summed E-state index contributed by atoms with van der Waals surface area (Å²) in [4.78, 5) is 12.9. The Morgan fingerprint density at radius 1 is 1.04 bits per heavy atom. The maximum absolute atomic E-state index is 9.69. The molecule has 0 aromatic carbocycles. The van der Waals surface area contributed by atoms with E-state index in [2.05, 4.69) is 20.3 Å². The quantitative estimate of drug-likeness (QED) is 0.783. The summed E-state index contributed by atoms with van der Waals surface area (Å²) in [5.41, 5.74) is 0.975. The molecule has 0 amide bonds. The average Bonchev–Trinajstić information content (AvgIpc) is 2.63. The Kier molecular flexibility index (Phi) is 5.18. The molecule has 3 rings (SSSR count). The summed E-state index contributed by atoms with van der Waals surface area (Å²) in [5, 5.41) is 13.0. The Morgan fingerprint density at radius 3 is 2.16 bits per heavy atom. The highest BCUT2D eigenvalue weighted by Gasteiger charge is 2.35. The van der Waals surface area contributed by atoms with E-state index in [1.807, 2.05) is 12.1 Å². The molecule has 1 saturated carbocycles. The van der Waals surface area contributed by atoms with Crippen LogP contribution in [0, 0.1) is 5.92 Å².